The van der Waals surface area contributed by atoms with Crippen molar-refractivity contribution in [3.8, 4) is 11.5 Å². The number of nitrogens with one attached hydrogen (secondary N) is 1. The molecule has 3 rings (SSSR count). The van der Waals surface area contributed by atoms with Crippen molar-refractivity contribution in [1.82, 2.24) is 9.71 Å². The third-order valence-corrected chi connectivity index (χ3v) is 5.76. The molecule has 1 heterocycles. The second-order valence-corrected chi connectivity index (χ2v) is 7.94. The van der Waals surface area contributed by atoms with Crippen molar-refractivity contribution < 1.29 is 17.2 Å². The number of aromatic nitrogens is 1. The maximum atomic E-state index is 13.0. The first kappa shape index (κ1) is 19.3. The largest absolute Gasteiger partial charge is 0.441 e. The lowest BCUT2D eigenvalue weighted by Crippen LogP contribution is -2.26. The van der Waals surface area contributed by atoms with Crippen LogP contribution < -0.4 is 4.72 Å². The third kappa shape index (κ3) is 4.61. The van der Waals surface area contributed by atoms with Crippen LogP contribution in [0.4, 0.5) is 4.39 Å². The molecule has 7 heteroatoms. The molecule has 1 aromatic heterocycles. The van der Waals surface area contributed by atoms with Gasteiger partial charge < -0.3 is 4.42 Å². The molecule has 3 aromatic rings. The van der Waals surface area contributed by atoms with E-state index >= 15 is 0 Å². The number of halogens is 1. The van der Waals surface area contributed by atoms with Crippen LogP contribution in [0.25, 0.3) is 11.5 Å². The summed E-state index contributed by atoms with van der Waals surface area (Å²) in [6.45, 7) is 3.99. The van der Waals surface area contributed by atoms with Crippen LogP contribution in [0.3, 0.4) is 0 Å². The molecule has 1 N–H and O–H groups in total. The number of sulfonamides is 1. The maximum Gasteiger partial charge on any atom is 0.240 e. The molecule has 0 radical (unpaired) electrons. The standard InChI is InChI=1S/C20H21FN2O3S/c1-3-15-4-10-18(11-5-15)27(24,25)22-13-12-19-14(2)26-20(23-19)16-6-8-17(21)9-7-16/h4-11,22H,3,12-13H2,1-2H3. The molecular weight excluding hydrogens is 367 g/mol. The predicted molar refractivity (Wildman–Crippen MR) is 101 cm³/mol. The van der Waals surface area contributed by atoms with E-state index in [-0.39, 0.29) is 17.3 Å². The Hall–Kier alpha value is -2.51. The SMILES string of the molecule is CCc1ccc(S(=O)(=O)NCCc2nc(-c3ccc(F)cc3)oc2C)cc1. The summed E-state index contributed by atoms with van der Waals surface area (Å²) in [5.41, 5.74) is 2.42. The molecule has 5 nitrogen and oxygen atoms in total. The Balaban J connectivity index is 1.65. The van der Waals surface area contributed by atoms with Gasteiger partial charge in [-0.05, 0) is 55.3 Å². The van der Waals surface area contributed by atoms with Crippen molar-refractivity contribution in [2.24, 2.45) is 0 Å². The lowest BCUT2D eigenvalue weighted by atomic mass is 10.2. The average Bonchev–Trinajstić information content (AvgIpc) is 3.03. The van der Waals surface area contributed by atoms with Crippen LogP contribution in [0.15, 0.2) is 57.8 Å². The molecule has 142 valence electrons. The third-order valence-electron chi connectivity index (χ3n) is 4.28. The first-order chi connectivity index (χ1) is 12.9. The van der Waals surface area contributed by atoms with E-state index in [1.54, 1.807) is 31.2 Å². The van der Waals surface area contributed by atoms with Crippen molar-refractivity contribution in [1.29, 1.82) is 0 Å². The van der Waals surface area contributed by atoms with Crippen molar-refractivity contribution >= 4 is 10.0 Å². The molecular formula is C20H21FN2O3S. The van der Waals surface area contributed by atoms with E-state index in [0.717, 1.165) is 12.0 Å². The minimum Gasteiger partial charge on any atom is -0.441 e. The van der Waals surface area contributed by atoms with Crippen molar-refractivity contribution in [3.63, 3.8) is 0 Å². The van der Waals surface area contributed by atoms with Crippen molar-refractivity contribution in [2.75, 3.05) is 6.54 Å². The lowest BCUT2D eigenvalue weighted by Gasteiger charge is -2.06. The van der Waals surface area contributed by atoms with E-state index in [1.165, 1.54) is 12.1 Å². The van der Waals surface area contributed by atoms with E-state index in [0.29, 0.717) is 29.3 Å². The van der Waals surface area contributed by atoms with Gasteiger partial charge in [-0.3, -0.25) is 0 Å². The molecule has 2 aromatic carbocycles. The fourth-order valence-corrected chi connectivity index (χ4v) is 3.70. The topological polar surface area (TPSA) is 72.2 Å². The number of hydrogen-bond acceptors (Lipinski definition) is 4. The summed E-state index contributed by atoms with van der Waals surface area (Å²) in [4.78, 5) is 4.64. The number of oxazole rings is 1. The number of rotatable bonds is 7. The maximum absolute atomic E-state index is 13.0. The zero-order valence-electron chi connectivity index (χ0n) is 15.2. The van der Waals surface area contributed by atoms with Crippen molar-refractivity contribution in [2.45, 2.75) is 31.6 Å². The van der Waals surface area contributed by atoms with E-state index in [1.807, 2.05) is 19.1 Å². The molecule has 0 unspecified atom stereocenters. The van der Waals surface area contributed by atoms with Gasteiger partial charge in [-0.2, -0.15) is 0 Å². The van der Waals surface area contributed by atoms with Crippen LogP contribution in [0.1, 0.15) is 23.9 Å². The van der Waals surface area contributed by atoms with Gasteiger partial charge in [-0.15, -0.1) is 0 Å². The summed E-state index contributed by atoms with van der Waals surface area (Å²) in [6, 6.07) is 12.7. The van der Waals surface area contributed by atoms with E-state index in [4.69, 9.17) is 4.42 Å². The first-order valence-corrected chi connectivity index (χ1v) is 10.2. The Morgan fingerprint density at radius 3 is 2.37 bits per heavy atom. The Morgan fingerprint density at radius 2 is 1.74 bits per heavy atom. The van der Waals surface area contributed by atoms with E-state index in [9.17, 15) is 12.8 Å². The molecule has 27 heavy (non-hydrogen) atoms. The summed E-state index contributed by atoms with van der Waals surface area (Å²) in [6.07, 6.45) is 1.25. The Bertz CT molecular complexity index is 1010. The summed E-state index contributed by atoms with van der Waals surface area (Å²) >= 11 is 0. The summed E-state index contributed by atoms with van der Waals surface area (Å²) in [5.74, 6) is 0.671. The number of aryl methyl sites for hydroxylation is 2. The predicted octanol–water partition coefficient (Wildman–Crippen LogP) is 3.87. The van der Waals surface area contributed by atoms with Crippen LogP contribution in [0.2, 0.25) is 0 Å². The van der Waals surface area contributed by atoms with E-state index in [2.05, 4.69) is 9.71 Å². The normalized spacial score (nSPS) is 11.7. The van der Waals surface area contributed by atoms with Gasteiger partial charge in [0.15, 0.2) is 0 Å². The molecule has 0 fully saturated rings. The summed E-state index contributed by atoms with van der Waals surface area (Å²) < 4.78 is 46.0. The minimum atomic E-state index is -3.57. The molecule has 0 aliphatic carbocycles. The molecule has 0 aliphatic heterocycles. The van der Waals surface area contributed by atoms with Gasteiger partial charge in [-0.1, -0.05) is 19.1 Å². The number of nitrogens with zero attached hydrogens (tertiary/aromatic N) is 1. The molecule has 0 bridgehead atoms. The highest BCUT2D eigenvalue weighted by molar-refractivity contribution is 7.89. The highest BCUT2D eigenvalue weighted by Crippen LogP contribution is 2.22. The second-order valence-electron chi connectivity index (χ2n) is 6.17. The van der Waals surface area contributed by atoms with Gasteiger partial charge in [0.2, 0.25) is 15.9 Å². The Kier molecular flexibility index (Phi) is 5.72. The van der Waals surface area contributed by atoms with Crippen LogP contribution >= 0.6 is 0 Å². The second kappa shape index (κ2) is 8.02. The first-order valence-electron chi connectivity index (χ1n) is 8.70. The van der Waals surface area contributed by atoms with Crippen LogP contribution in [-0.4, -0.2) is 19.9 Å². The average molecular weight is 388 g/mol. The van der Waals surface area contributed by atoms with Gasteiger partial charge in [0.05, 0.1) is 10.6 Å². The molecule has 0 spiro atoms. The highest BCUT2D eigenvalue weighted by atomic mass is 32.2. The molecule has 0 aliphatic rings. The molecule has 0 amide bonds. The Morgan fingerprint density at radius 1 is 1.07 bits per heavy atom. The minimum absolute atomic E-state index is 0.202. The quantitative estimate of drug-likeness (QED) is 0.667. The molecule has 0 saturated carbocycles. The van der Waals surface area contributed by atoms with Crippen LogP contribution in [-0.2, 0) is 22.9 Å². The monoisotopic (exact) mass is 388 g/mol. The summed E-state index contributed by atoms with van der Waals surface area (Å²) in [7, 11) is -3.57. The van der Waals surface area contributed by atoms with Gasteiger partial charge in [0, 0.05) is 18.5 Å². The number of hydrogen-bond donors (Lipinski definition) is 1. The zero-order chi connectivity index (χ0) is 19.4. The van der Waals surface area contributed by atoms with Gasteiger partial charge in [0.25, 0.3) is 0 Å². The van der Waals surface area contributed by atoms with Gasteiger partial charge >= 0.3 is 0 Å². The number of benzene rings is 2. The molecule has 0 atom stereocenters. The summed E-state index contributed by atoms with van der Waals surface area (Å²) in [5, 5.41) is 0. The van der Waals surface area contributed by atoms with Crippen LogP contribution in [0, 0.1) is 12.7 Å². The zero-order valence-corrected chi connectivity index (χ0v) is 16.0. The highest BCUT2D eigenvalue weighted by Gasteiger charge is 2.15. The van der Waals surface area contributed by atoms with Crippen molar-refractivity contribution in [3.05, 3.63) is 71.4 Å². The van der Waals surface area contributed by atoms with Crippen LogP contribution in [0.5, 0.6) is 0 Å². The molecule has 0 saturated heterocycles. The Labute approximate surface area is 158 Å². The van der Waals surface area contributed by atoms with Gasteiger partial charge in [0.1, 0.15) is 11.6 Å². The fourth-order valence-electron chi connectivity index (χ4n) is 2.67. The fraction of sp³-hybridized carbons (Fsp3) is 0.250. The van der Waals surface area contributed by atoms with Gasteiger partial charge in [-0.25, -0.2) is 22.5 Å². The smallest absolute Gasteiger partial charge is 0.240 e. The van der Waals surface area contributed by atoms with E-state index < -0.39 is 10.0 Å². The lowest BCUT2D eigenvalue weighted by molar-refractivity contribution is 0.538.